The topological polar surface area (TPSA) is 99.6 Å². The largest absolute Gasteiger partial charge is 0.456 e. The highest BCUT2D eigenvalue weighted by atomic mass is 32.2. The third kappa shape index (κ3) is 5.57. The standard InChI is InChI=1S/C51H35N5O3S/c57-51-52-43-29-41(40-24-26-42-50(55-60(58)54-42)48(40)49(43)53-51)32-20-18-31(19-21-32)34-25-27-45(37-14-5-4-13-36(34)37)56(44-16-8-6-12-35(44)30-10-2-1-3-11-30)33-22-23-39-38-15-7-9-17-46(38)59-47(39)28-33/h1-23,25,27-29,40,42,48,54H,24,26H2. The summed E-state index contributed by atoms with van der Waals surface area (Å²) >= 11 is -1.48. The van der Waals surface area contributed by atoms with Crippen LogP contribution in [0.1, 0.15) is 18.4 Å². The zero-order valence-corrected chi connectivity index (χ0v) is 33.0. The van der Waals surface area contributed by atoms with Crippen LogP contribution in [-0.4, -0.2) is 33.4 Å². The van der Waals surface area contributed by atoms with E-state index < -0.39 is 17.2 Å². The number of nitrogens with one attached hydrogen (secondary N) is 1. The Labute approximate surface area is 348 Å². The van der Waals surface area contributed by atoms with Crippen molar-refractivity contribution in [1.82, 2.24) is 4.72 Å². The predicted octanol–water partition coefficient (Wildman–Crippen LogP) is 12.0. The first kappa shape index (κ1) is 34.9. The van der Waals surface area contributed by atoms with E-state index in [1.54, 1.807) is 0 Å². The molecule has 4 aliphatic rings. The van der Waals surface area contributed by atoms with Crippen molar-refractivity contribution in [3.63, 3.8) is 0 Å². The quantitative estimate of drug-likeness (QED) is 0.181. The zero-order chi connectivity index (χ0) is 39.9. The van der Waals surface area contributed by atoms with Crippen LogP contribution in [0.3, 0.4) is 0 Å². The van der Waals surface area contributed by atoms with Crippen LogP contribution in [0.2, 0.25) is 0 Å². The number of hydrogen-bond acceptors (Lipinski definition) is 4. The Hall–Kier alpha value is -7.07. The molecule has 1 N–H and O–H groups in total. The molecule has 8 aromatic rings. The Bertz CT molecular complexity index is 3260. The molecule has 9 heteroatoms. The van der Waals surface area contributed by atoms with Crippen LogP contribution in [-0.2, 0) is 11.2 Å². The first-order valence-corrected chi connectivity index (χ1v) is 21.3. The van der Waals surface area contributed by atoms with Crippen LogP contribution < -0.4 is 9.62 Å². The summed E-state index contributed by atoms with van der Waals surface area (Å²) in [6, 6.07) is 55.1. The maximum atomic E-state index is 12.5. The number of amides is 2. The summed E-state index contributed by atoms with van der Waals surface area (Å²) in [5, 5.41) is 4.42. The van der Waals surface area contributed by atoms with Crippen LogP contribution in [0.25, 0.3) is 60.5 Å². The third-order valence-corrected chi connectivity index (χ3v) is 13.3. The molecule has 0 radical (unpaired) electrons. The van der Waals surface area contributed by atoms with Crippen molar-refractivity contribution in [3.05, 3.63) is 169 Å². The second-order valence-corrected chi connectivity index (χ2v) is 16.6. The summed E-state index contributed by atoms with van der Waals surface area (Å²) in [6.45, 7) is 0. The molecule has 0 saturated heterocycles. The fourth-order valence-corrected chi connectivity index (χ4v) is 10.8. The lowest BCUT2D eigenvalue weighted by Crippen LogP contribution is -2.48. The van der Waals surface area contributed by atoms with E-state index in [2.05, 4.69) is 170 Å². The minimum atomic E-state index is -1.48. The fraction of sp³-hybridized carbons (Fsp3) is 0.0980. The normalized spacial score (nSPS) is 20.6. The van der Waals surface area contributed by atoms with E-state index in [-0.39, 0.29) is 17.9 Å². The molecule has 4 unspecified atom stereocenters. The molecular formula is C51H35N5O3S. The molecule has 2 amide bonds. The molecule has 2 aliphatic carbocycles. The minimum absolute atomic E-state index is 0.0509. The maximum absolute atomic E-state index is 12.5. The van der Waals surface area contributed by atoms with Gasteiger partial charge in [-0.2, -0.15) is 14.4 Å². The van der Waals surface area contributed by atoms with Crippen molar-refractivity contribution in [2.75, 3.05) is 4.90 Å². The van der Waals surface area contributed by atoms with Gasteiger partial charge in [0.15, 0.2) is 0 Å². The van der Waals surface area contributed by atoms with E-state index in [4.69, 9.17) is 4.42 Å². The number of furan rings is 1. The second kappa shape index (κ2) is 13.8. The average molecular weight is 798 g/mol. The van der Waals surface area contributed by atoms with E-state index in [1.807, 2.05) is 18.2 Å². The van der Waals surface area contributed by atoms with Gasteiger partial charge in [-0.3, -0.25) is 0 Å². The van der Waals surface area contributed by atoms with E-state index in [0.29, 0.717) is 11.4 Å². The zero-order valence-electron chi connectivity index (χ0n) is 32.2. The van der Waals surface area contributed by atoms with Gasteiger partial charge in [0.1, 0.15) is 11.2 Å². The number of carbonyl (C=O) groups excluding carboxylic acids is 1. The Morgan fingerprint density at radius 3 is 2.20 bits per heavy atom. The van der Waals surface area contributed by atoms with Crippen molar-refractivity contribution < 1.29 is 13.4 Å². The van der Waals surface area contributed by atoms with Gasteiger partial charge in [0.25, 0.3) is 0 Å². The number of urea groups is 1. The van der Waals surface area contributed by atoms with Gasteiger partial charge in [0, 0.05) is 33.5 Å². The fourth-order valence-electron chi connectivity index (χ4n) is 9.83. The minimum Gasteiger partial charge on any atom is -0.456 e. The van der Waals surface area contributed by atoms with Gasteiger partial charge in [-0.15, -0.1) is 0 Å². The van der Waals surface area contributed by atoms with Gasteiger partial charge in [0.2, 0.25) is 11.2 Å². The number of fused-ring (bicyclic) bond motifs is 9. The van der Waals surface area contributed by atoms with Gasteiger partial charge in [0.05, 0.1) is 40.5 Å². The van der Waals surface area contributed by atoms with Crippen molar-refractivity contribution in [2.45, 2.75) is 18.9 Å². The SMILES string of the molecule is O=C1N=C2C=C(c3ccc(-c4ccc(N(c5ccc6c(c5)oc5ccccc56)c5ccccc5-c5ccccc5)c5ccccc45)cc3)C3CCC4NS(=O)N=C4C3C2=N1. The van der Waals surface area contributed by atoms with E-state index in [1.165, 1.54) is 0 Å². The molecular weight excluding hydrogens is 763 g/mol. The van der Waals surface area contributed by atoms with Crippen molar-refractivity contribution in [3.8, 4) is 22.3 Å². The Kier molecular flexibility index (Phi) is 8.01. The van der Waals surface area contributed by atoms with E-state index in [0.717, 1.165) is 102 Å². The van der Waals surface area contributed by atoms with Crippen LogP contribution in [0.15, 0.2) is 183 Å². The average Bonchev–Trinajstić information content (AvgIpc) is 3.99. The maximum Gasteiger partial charge on any atom is 0.367 e. The van der Waals surface area contributed by atoms with Gasteiger partial charge in [-0.05, 0) is 88.4 Å². The molecule has 0 spiro atoms. The van der Waals surface area contributed by atoms with Gasteiger partial charge < -0.3 is 9.32 Å². The number of anilines is 3. The van der Waals surface area contributed by atoms with E-state index >= 15 is 0 Å². The number of allylic oxidation sites excluding steroid dienone is 2. The number of para-hydroxylation sites is 2. The molecule has 2 aliphatic heterocycles. The lowest BCUT2D eigenvalue weighted by Gasteiger charge is -2.39. The van der Waals surface area contributed by atoms with Crippen molar-refractivity contribution >= 4 is 89.7 Å². The molecule has 1 fully saturated rings. The van der Waals surface area contributed by atoms with Crippen molar-refractivity contribution in [1.29, 1.82) is 0 Å². The molecule has 60 heavy (non-hydrogen) atoms. The summed E-state index contributed by atoms with van der Waals surface area (Å²) in [4.78, 5) is 23.4. The first-order valence-electron chi connectivity index (χ1n) is 20.2. The van der Waals surface area contributed by atoms with Crippen molar-refractivity contribution in [2.24, 2.45) is 26.2 Å². The molecule has 7 aromatic carbocycles. The number of carbonyl (C=O) groups is 1. The lowest BCUT2D eigenvalue weighted by molar-refractivity contribution is 0.257. The third-order valence-electron chi connectivity index (χ3n) is 12.5. The molecule has 4 atom stereocenters. The van der Waals surface area contributed by atoms with Gasteiger partial charge in [-0.25, -0.2) is 13.7 Å². The number of aliphatic imine (C=N–C) groups is 2. The smallest absolute Gasteiger partial charge is 0.367 e. The predicted molar refractivity (Wildman–Crippen MR) is 244 cm³/mol. The number of hydrogen-bond donors (Lipinski definition) is 1. The summed E-state index contributed by atoms with van der Waals surface area (Å²) in [5.41, 5.74) is 13.5. The summed E-state index contributed by atoms with van der Waals surface area (Å²) in [6.07, 6.45) is 3.69. The number of nitrogens with zero attached hydrogens (tertiary/aromatic N) is 4. The lowest BCUT2D eigenvalue weighted by atomic mass is 9.65. The van der Waals surface area contributed by atoms with Crippen LogP contribution >= 0.6 is 0 Å². The summed E-state index contributed by atoms with van der Waals surface area (Å²) in [5.74, 6) is -0.179. The molecule has 1 aromatic heterocycles. The van der Waals surface area contributed by atoms with Crippen LogP contribution in [0.5, 0.6) is 0 Å². The van der Waals surface area contributed by atoms with Crippen LogP contribution in [0, 0.1) is 11.8 Å². The molecule has 12 rings (SSSR count). The Morgan fingerprint density at radius 1 is 0.617 bits per heavy atom. The molecule has 1 saturated carbocycles. The molecule has 0 bridgehead atoms. The number of benzene rings is 7. The molecule has 8 nitrogen and oxygen atoms in total. The molecule has 3 heterocycles. The summed E-state index contributed by atoms with van der Waals surface area (Å²) < 4.78 is 26.5. The Morgan fingerprint density at radius 2 is 1.33 bits per heavy atom. The van der Waals surface area contributed by atoms with E-state index in [9.17, 15) is 9.00 Å². The monoisotopic (exact) mass is 797 g/mol. The highest BCUT2D eigenvalue weighted by Gasteiger charge is 2.48. The van der Waals surface area contributed by atoms with Gasteiger partial charge in [-0.1, -0.05) is 121 Å². The highest BCUT2D eigenvalue weighted by molar-refractivity contribution is 7.82. The number of rotatable bonds is 6. The van der Waals surface area contributed by atoms with Crippen LogP contribution in [0.4, 0.5) is 21.9 Å². The Balaban J connectivity index is 0.978. The molecule has 288 valence electrons. The second-order valence-electron chi connectivity index (χ2n) is 15.7. The first-order chi connectivity index (χ1) is 29.6. The summed E-state index contributed by atoms with van der Waals surface area (Å²) in [7, 11) is 0. The highest BCUT2D eigenvalue weighted by Crippen LogP contribution is 2.48. The van der Waals surface area contributed by atoms with Gasteiger partial charge >= 0.3 is 6.03 Å².